The van der Waals surface area contributed by atoms with Crippen molar-refractivity contribution in [3.8, 4) is 0 Å². The Morgan fingerprint density at radius 2 is 1.95 bits per heavy atom. The van der Waals surface area contributed by atoms with Crippen LogP contribution in [-0.4, -0.2) is 49.9 Å². The van der Waals surface area contributed by atoms with E-state index >= 15 is 0 Å². The van der Waals surface area contributed by atoms with E-state index in [9.17, 15) is 4.79 Å². The van der Waals surface area contributed by atoms with E-state index in [4.69, 9.17) is 4.74 Å². The molecule has 1 aliphatic rings. The minimum absolute atomic E-state index is 0.222. The average Bonchev–Trinajstić information content (AvgIpc) is 2.74. The Labute approximate surface area is 112 Å². The van der Waals surface area contributed by atoms with E-state index in [1.807, 2.05) is 27.7 Å². The van der Waals surface area contributed by atoms with E-state index in [-0.39, 0.29) is 12.1 Å². The third kappa shape index (κ3) is 3.65. The lowest BCUT2D eigenvalue weighted by Gasteiger charge is -2.32. The highest BCUT2D eigenvalue weighted by molar-refractivity contribution is 5.68. The number of likely N-dealkylation sites (tertiary alicyclic amines) is 1. The van der Waals surface area contributed by atoms with Gasteiger partial charge in [0.05, 0.1) is 6.04 Å². The van der Waals surface area contributed by atoms with Gasteiger partial charge in [-0.2, -0.15) is 4.80 Å². The highest BCUT2D eigenvalue weighted by Gasteiger charge is 2.28. The van der Waals surface area contributed by atoms with Crippen LogP contribution in [0.25, 0.3) is 0 Å². The van der Waals surface area contributed by atoms with Crippen LogP contribution in [0.15, 0.2) is 0 Å². The van der Waals surface area contributed by atoms with Gasteiger partial charge in [0, 0.05) is 13.1 Å². The number of hydrogen-bond acceptors (Lipinski definition) is 5. The zero-order valence-electron chi connectivity index (χ0n) is 12.0. The van der Waals surface area contributed by atoms with E-state index in [1.54, 1.807) is 9.70 Å². The summed E-state index contributed by atoms with van der Waals surface area (Å²) < 4.78 is 5.36. The van der Waals surface area contributed by atoms with Gasteiger partial charge >= 0.3 is 6.09 Å². The van der Waals surface area contributed by atoms with E-state index < -0.39 is 5.60 Å². The Kier molecular flexibility index (Phi) is 3.73. The predicted molar refractivity (Wildman–Crippen MR) is 68.6 cm³/mol. The van der Waals surface area contributed by atoms with Crippen LogP contribution >= 0.6 is 0 Å². The largest absolute Gasteiger partial charge is 0.444 e. The zero-order chi connectivity index (χ0) is 14.0. The summed E-state index contributed by atoms with van der Waals surface area (Å²) >= 11 is 0. The lowest BCUT2D eigenvalue weighted by Crippen LogP contribution is -2.42. The van der Waals surface area contributed by atoms with Crippen LogP contribution in [0, 0.1) is 6.92 Å². The Morgan fingerprint density at radius 1 is 1.32 bits per heavy atom. The molecule has 1 aromatic rings. The van der Waals surface area contributed by atoms with Gasteiger partial charge in [-0.15, -0.1) is 10.2 Å². The maximum absolute atomic E-state index is 11.9. The molecule has 0 N–H and O–H groups in total. The number of aryl methyl sites for hydroxylation is 1. The second-order valence-electron chi connectivity index (χ2n) is 5.86. The first-order valence-electron chi connectivity index (χ1n) is 6.59. The van der Waals surface area contributed by atoms with Gasteiger partial charge in [0.25, 0.3) is 0 Å². The minimum atomic E-state index is -0.446. The Morgan fingerprint density at radius 3 is 2.42 bits per heavy atom. The molecule has 0 spiro atoms. The molecule has 0 radical (unpaired) electrons. The molecule has 106 valence electrons. The minimum Gasteiger partial charge on any atom is -0.444 e. The monoisotopic (exact) mass is 267 g/mol. The Bertz CT molecular complexity index is 443. The smallest absolute Gasteiger partial charge is 0.410 e. The highest BCUT2D eigenvalue weighted by atomic mass is 16.6. The van der Waals surface area contributed by atoms with Crippen molar-refractivity contribution in [3.05, 3.63) is 5.82 Å². The topological polar surface area (TPSA) is 73.1 Å². The van der Waals surface area contributed by atoms with Gasteiger partial charge in [-0.3, -0.25) is 0 Å². The second kappa shape index (κ2) is 5.14. The second-order valence-corrected chi connectivity index (χ2v) is 5.86. The predicted octanol–water partition coefficient (Wildman–Crippen LogP) is 1.55. The standard InChI is InChI=1S/C12H21N5O2/c1-9-13-15-17(14-9)10-5-7-16(8-6-10)11(18)19-12(2,3)4/h10H,5-8H2,1-4H3. The molecule has 0 saturated carbocycles. The molecule has 1 aliphatic heterocycles. The van der Waals surface area contributed by atoms with E-state index in [1.165, 1.54) is 0 Å². The molecule has 1 saturated heterocycles. The highest BCUT2D eigenvalue weighted by Crippen LogP contribution is 2.22. The number of ether oxygens (including phenoxy) is 1. The summed E-state index contributed by atoms with van der Waals surface area (Å²) in [4.78, 5) is 15.3. The van der Waals surface area contributed by atoms with Gasteiger partial charge in [0.15, 0.2) is 5.82 Å². The molecule has 2 heterocycles. The number of hydrogen-bond donors (Lipinski definition) is 0. The van der Waals surface area contributed by atoms with Gasteiger partial charge in [-0.1, -0.05) is 0 Å². The molecule has 1 aromatic heterocycles. The number of amides is 1. The molecule has 0 bridgehead atoms. The summed E-state index contributed by atoms with van der Waals surface area (Å²) in [5, 5.41) is 12.1. The van der Waals surface area contributed by atoms with Crippen molar-refractivity contribution in [1.82, 2.24) is 25.1 Å². The molecule has 0 aromatic carbocycles. The van der Waals surface area contributed by atoms with Crippen LogP contribution in [0.2, 0.25) is 0 Å². The number of tetrazole rings is 1. The van der Waals surface area contributed by atoms with Crippen molar-refractivity contribution in [2.75, 3.05) is 13.1 Å². The fourth-order valence-corrected chi connectivity index (χ4v) is 2.06. The summed E-state index contributed by atoms with van der Waals surface area (Å²) in [5.41, 5.74) is -0.446. The van der Waals surface area contributed by atoms with Crippen molar-refractivity contribution in [2.45, 2.75) is 52.2 Å². The maximum Gasteiger partial charge on any atom is 0.410 e. The quantitative estimate of drug-likeness (QED) is 0.772. The first kappa shape index (κ1) is 13.8. The number of nitrogens with zero attached hydrogens (tertiary/aromatic N) is 5. The van der Waals surface area contributed by atoms with Gasteiger partial charge in [-0.25, -0.2) is 4.79 Å². The third-order valence-corrected chi connectivity index (χ3v) is 2.97. The van der Waals surface area contributed by atoms with E-state index in [0.29, 0.717) is 18.9 Å². The molecule has 7 nitrogen and oxygen atoms in total. The number of carbonyl (C=O) groups excluding carboxylic acids is 1. The molecule has 0 aliphatic carbocycles. The van der Waals surface area contributed by atoms with Crippen LogP contribution < -0.4 is 0 Å². The van der Waals surface area contributed by atoms with E-state index in [0.717, 1.165) is 12.8 Å². The molecule has 1 fully saturated rings. The van der Waals surface area contributed by atoms with Crippen molar-refractivity contribution in [2.24, 2.45) is 0 Å². The summed E-state index contributed by atoms with van der Waals surface area (Å²) in [5.74, 6) is 0.676. The first-order chi connectivity index (χ1) is 8.85. The lowest BCUT2D eigenvalue weighted by atomic mass is 10.1. The molecule has 0 unspecified atom stereocenters. The fourth-order valence-electron chi connectivity index (χ4n) is 2.06. The van der Waals surface area contributed by atoms with Crippen molar-refractivity contribution in [3.63, 3.8) is 0 Å². The SMILES string of the molecule is Cc1nnn(C2CCN(C(=O)OC(C)(C)C)CC2)n1. The maximum atomic E-state index is 11.9. The number of carbonyl (C=O) groups is 1. The van der Waals surface area contributed by atoms with Crippen molar-refractivity contribution >= 4 is 6.09 Å². The summed E-state index contributed by atoms with van der Waals surface area (Å²) in [6, 6.07) is 0.222. The summed E-state index contributed by atoms with van der Waals surface area (Å²) in [6.45, 7) is 8.78. The zero-order valence-corrected chi connectivity index (χ0v) is 12.0. The molecule has 7 heteroatoms. The van der Waals surface area contributed by atoms with Gasteiger partial charge in [-0.05, 0) is 45.7 Å². The van der Waals surface area contributed by atoms with Crippen molar-refractivity contribution < 1.29 is 9.53 Å². The van der Waals surface area contributed by atoms with Crippen LogP contribution in [-0.2, 0) is 4.74 Å². The molecule has 0 atom stereocenters. The van der Waals surface area contributed by atoms with Crippen LogP contribution in [0.3, 0.4) is 0 Å². The molecule has 19 heavy (non-hydrogen) atoms. The van der Waals surface area contributed by atoms with Crippen LogP contribution in [0.1, 0.15) is 45.5 Å². The molecular formula is C12H21N5O2. The number of aromatic nitrogens is 4. The summed E-state index contributed by atoms with van der Waals surface area (Å²) in [7, 11) is 0. The Balaban J connectivity index is 1.87. The lowest BCUT2D eigenvalue weighted by molar-refractivity contribution is 0.0179. The number of piperidine rings is 1. The molecular weight excluding hydrogens is 246 g/mol. The van der Waals surface area contributed by atoms with Crippen LogP contribution in [0.4, 0.5) is 4.79 Å². The first-order valence-corrected chi connectivity index (χ1v) is 6.59. The fraction of sp³-hybridized carbons (Fsp3) is 0.833. The Hall–Kier alpha value is -1.66. The van der Waals surface area contributed by atoms with Crippen molar-refractivity contribution in [1.29, 1.82) is 0 Å². The van der Waals surface area contributed by atoms with Gasteiger partial charge < -0.3 is 9.64 Å². The third-order valence-electron chi connectivity index (χ3n) is 2.97. The van der Waals surface area contributed by atoms with Gasteiger partial charge in [0.1, 0.15) is 5.60 Å². The van der Waals surface area contributed by atoms with Gasteiger partial charge in [0.2, 0.25) is 0 Å². The number of rotatable bonds is 1. The average molecular weight is 267 g/mol. The molecule has 1 amide bonds. The normalized spacial score (nSPS) is 17.6. The van der Waals surface area contributed by atoms with E-state index in [2.05, 4.69) is 15.4 Å². The summed E-state index contributed by atoms with van der Waals surface area (Å²) in [6.07, 6.45) is 1.41. The van der Waals surface area contributed by atoms with Crippen LogP contribution in [0.5, 0.6) is 0 Å². The molecule has 2 rings (SSSR count).